The van der Waals surface area contributed by atoms with E-state index in [0.717, 1.165) is 41.9 Å². The molecule has 8 unspecified atom stereocenters. The van der Waals surface area contributed by atoms with E-state index < -0.39 is 6.10 Å². The molecule has 0 heterocycles. The molecule has 0 saturated heterocycles. The van der Waals surface area contributed by atoms with Crippen LogP contribution in [0.15, 0.2) is 0 Å². The summed E-state index contributed by atoms with van der Waals surface area (Å²) in [4.78, 5) is 0. The molecule has 3 fully saturated rings. The Kier molecular flexibility index (Phi) is 3.41. The van der Waals surface area contributed by atoms with Crippen molar-refractivity contribution in [1.29, 1.82) is 0 Å². The Labute approximate surface area is 110 Å². The summed E-state index contributed by atoms with van der Waals surface area (Å²) < 4.78 is 5.90. The minimum atomic E-state index is -0.709. The third kappa shape index (κ3) is 1.83. The third-order valence-electron chi connectivity index (χ3n) is 6.19. The Hall–Kier alpha value is -0.120. The van der Waals surface area contributed by atoms with Gasteiger partial charge in [0, 0.05) is 0 Å². The van der Waals surface area contributed by atoms with Gasteiger partial charge in [-0.3, -0.25) is 0 Å². The molecule has 0 aliphatic heterocycles. The van der Waals surface area contributed by atoms with Crippen LogP contribution >= 0.6 is 0 Å². The summed E-state index contributed by atoms with van der Waals surface area (Å²) in [7, 11) is 0. The van der Waals surface area contributed by atoms with Gasteiger partial charge in [0.1, 0.15) is 6.10 Å². The van der Waals surface area contributed by atoms with Crippen LogP contribution in [0.2, 0.25) is 0 Å². The molecule has 0 spiro atoms. The van der Waals surface area contributed by atoms with Crippen molar-refractivity contribution in [2.24, 2.45) is 35.5 Å². The molecule has 0 aromatic carbocycles. The number of hydrogen-bond acceptors (Lipinski definition) is 3. The summed E-state index contributed by atoms with van der Waals surface area (Å²) in [6.07, 6.45) is 3.49. The first kappa shape index (κ1) is 12.9. The maximum atomic E-state index is 9.41. The first-order valence-electron chi connectivity index (χ1n) is 7.54. The van der Waals surface area contributed by atoms with Crippen molar-refractivity contribution in [3.63, 3.8) is 0 Å². The lowest BCUT2D eigenvalue weighted by atomic mass is 9.70. The van der Waals surface area contributed by atoms with Crippen LogP contribution in [0, 0.1) is 35.5 Å². The number of hydrogen-bond donors (Lipinski definition) is 2. The first-order valence-corrected chi connectivity index (χ1v) is 7.54. The van der Waals surface area contributed by atoms with Crippen LogP contribution in [-0.4, -0.2) is 35.6 Å². The van der Waals surface area contributed by atoms with Crippen molar-refractivity contribution in [3.8, 4) is 0 Å². The molecule has 3 rings (SSSR count). The minimum Gasteiger partial charge on any atom is -0.394 e. The maximum Gasteiger partial charge on any atom is 0.100 e. The van der Waals surface area contributed by atoms with Crippen molar-refractivity contribution >= 4 is 0 Å². The molecule has 8 atom stereocenters. The van der Waals surface area contributed by atoms with Gasteiger partial charge in [-0.25, -0.2) is 0 Å². The van der Waals surface area contributed by atoms with Crippen molar-refractivity contribution < 1.29 is 14.9 Å². The fourth-order valence-corrected chi connectivity index (χ4v) is 5.19. The van der Waals surface area contributed by atoms with Gasteiger partial charge in [-0.15, -0.1) is 0 Å². The quantitative estimate of drug-likeness (QED) is 0.802. The smallest absolute Gasteiger partial charge is 0.100 e. The van der Waals surface area contributed by atoms with Gasteiger partial charge >= 0.3 is 0 Å². The summed E-state index contributed by atoms with van der Waals surface area (Å²) in [5.74, 6) is 5.09. The highest BCUT2D eigenvalue weighted by molar-refractivity contribution is 5.07. The van der Waals surface area contributed by atoms with E-state index in [2.05, 4.69) is 13.8 Å². The highest BCUT2D eigenvalue weighted by Gasteiger charge is 2.59. The van der Waals surface area contributed by atoms with E-state index in [4.69, 9.17) is 9.84 Å². The van der Waals surface area contributed by atoms with Crippen LogP contribution in [0.5, 0.6) is 0 Å². The monoisotopic (exact) mass is 254 g/mol. The molecule has 3 nitrogen and oxygen atoms in total. The molecule has 0 aromatic rings. The Balaban J connectivity index is 1.63. The molecule has 18 heavy (non-hydrogen) atoms. The maximum absolute atomic E-state index is 9.41. The lowest BCUT2D eigenvalue weighted by Crippen LogP contribution is -2.36. The summed E-state index contributed by atoms with van der Waals surface area (Å²) in [5, 5.41) is 18.3. The van der Waals surface area contributed by atoms with Crippen LogP contribution in [-0.2, 0) is 4.74 Å². The summed E-state index contributed by atoms with van der Waals surface area (Å²) in [6.45, 7) is 4.94. The zero-order valence-corrected chi connectivity index (χ0v) is 11.5. The molecule has 3 aliphatic carbocycles. The predicted molar refractivity (Wildman–Crippen MR) is 69.0 cm³/mol. The Morgan fingerprint density at radius 3 is 2.56 bits per heavy atom. The van der Waals surface area contributed by atoms with E-state index in [0.29, 0.717) is 12.7 Å². The normalized spacial score (nSPS) is 51.7. The van der Waals surface area contributed by atoms with Crippen LogP contribution in [0.1, 0.15) is 33.1 Å². The van der Waals surface area contributed by atoms with E-state index in [1.807, 2.05) is 0 Å². The summed E-state index contributed by atoms with van der Waals surface area (Å²) >= 11 is 0. The minimum absolute atomic E-state index is 0.194. The van der Waals surface area contributed by atoms with Crippen molar-refractivity contribution in [2.75, 3.05) is 13.2 Å². The Morgan fingerprint density at radius 1 is 1.11 bits per heavy atom. The molecule has 3 heteroatoms. The van der Waals surface area contributed by atoms with Gasteiger partial charge in [0.05, 0.1) is 19.3 Å². The standard InChI is InChI=1S/C15H26O3/c1-8-9(2)13-5-12(8)11-3-4-14(15(11)13)18-7-10(17)6-16/h8-17H,3-7H2,1-2H3. The molecule has 3 saturated carbocycles. The van der Waals surface area contributed by atoms with Crippen molar-refractivity contribution in [2.45, 2.75) is 45.3 Å². The molecular weight excluding hydrogens is 228 g/mol. The van der Waals surface area contributed by atoms with E-state index in [1.54, 1.807) is 0 Å². The molecule has 2 bridgehead atoms. The number of ether oxygens (including phenoxy) is 1. The van der Waals surface area contributed by atoms with E-state index in [9.17, 15) is 5.11 Å². The highest BCUT2D eigenvalue weighted by Crippen LogP contribution is 2.63. The zero-order valence-electron chi connectivity index (χ0n) is 11.5. The van der Waals surface area contributed by atoms with Crippen LogP contribution in [0.25, 0.3) is 0 Å². The van der Waals surface area contributed by atoms with Crippen LogP contribution in [0.3, 0.4) is 0 Å². The van der Waals surface area contributed by atoms with Gasteiger partial charge in [0.15, 0.2) is 0 Å². The van der Waals surface area contributed by atoms with Gasteiger partial charge in [-0.2, -0.15) is 0 Å². The van der Waals surface area contributed by atoms with Crippen LogP contribution < -0.4 is 0 Å². The van der Waals surface area contributed by atoms with Crippen LogP contribution in [0.4, 0.5) is 0 Å². The second kappa shape index (κ2) is 4.77. The van der Waals surface area contributed by atoms with E-state index in [-0.39, 0.29) is 6.61 Å². The second-order valence-electron chi connectivity index (χ2n) is 6.81. The lowest BCUT2D eigenvalue weighted by molar-refractivity contribution is -0.0584. The van der Waals surface area contributed by atoms with Gasteiger partial charge in [0.25, 0.3) is 0 Å². The first-order chi connectivity index (χ1) is 8.63. The molecule has 104 valence electrons. The average molecular weight is 254 g/mol. The molecular formula is C15H26O3. The van der Waals surface area contributed by atoms with Gasteiger partial charge in [-0.1, -0.05) is 13.8 Å². The van der Waals surface area contributed by atoms with E-state index >= 15 is 0 Å². The third-order valence-corrected chi connectivity index (χ3v) is 6.19. The molecule has 0 amide bonds. The molecule has 0 radical (unpaired) electrons. The van der Waals surface area contributed by atoms with E-state index in [1.165, 1.54) is 12.8 Å². The van der Waals surface area contributed by atoms with Gasteiger partial charge in [-0.05, 0) is 54.8 Å². The number of rotatable bonds is 4. The Morgan fingerprint density at radius 2 is 1.83 bits per heavy atom. The highest BCUT2D eigenvalue weighted by atomic mass is 16.5. The SMILES string of the molecule is CC1C(C)C2CC1C1CCC(OCC(O)CO)C21. The summed E-state index contributed by atoms with van der Waals surface area (Å²) in [5.41, 5.74) is 0. The fraction of sp³-hybridized carbons (Fsp3) is 1.00. The average Bonchev–Trinajstić information content (AvgIpc) is 3.00. The van der Waals surface area contributed by atoms with Crippen molar-refractivity contribution in [1.82, 2.24) is 0 Å². The molecule has 0 aromatic heterocycles. The second-order valence-corrected chi connectivity index (χ2v) is 6.81. The largest absolute Gasteiger partial charge is 0.394 e. The zero-order chi connectivity index (χ0) is 12.9. The molecule has 3 aliphatic rings. The predicted octanol–water partition coefficient (Wildman–Crippen LogP) is 1.67. The fourth-order valence-electron chi connectivity index (χ4n) is 5.19. The van der Waals surface area contributed by atoms with Gasteiger partial charge < -0.3 is 14.9 Å². The summed E-state index contributed by atoms with van der Waals surface area (Å²) in [6, 6.07) is 0. The lowest BCUT2D eigenvalue weighted by Gasteiger charge is -2.37. The molecule has 2 N–H and O–H groups in total. The number of aliphatic hydroxyl groups excluding tert-OH is 2. The number of aliphatic hydroxyl groups is 2. The topological polar surface area (TPSA) is 49.7 Å². The Bertz CT molecular complexity index is 306. The van der Waals surface area contributed by atoms with Crippen molar-refractivity contribution in [3.05, 3.63) is 0 Å². The number of fused-ring (bicyclic) bond motifs is 5. The van der Waals surface area contributed by atoms with Gasteiger partial charge in [0.2, 0.25) is 0 Å².